The van der Waals surface area contributed by atoms with Crippen molar-refractivity contribution in [3.63, 3.8) is 0 Å². The van der Waals surface area contributed by atoms with E-state index in [2.05, 4.69) is 4.18 Å². The van der Waals surface area contributed by atoms with Gasteiger partial charge in [-0.1, -0.05) is 7.43 Å². The largest absolute Gasteiger partial charge is 0.412 e. The van der Waals surface area contributed by atoms with E-state index in [0.717, 1.165) is 14.2 Å². The van der Waals surface area contributed by atoms with Gasteiger partial charge in [-0.15, -0.1) is 0 Å². The van der Waals surface area contributed by atoms with E-state index in [-0.39, 0.29) is 12.9 Å². The first kappa shape index (κ1) is 22.6. The quantitative estimate of drug-likeness (QED) is 0.492. The van der Waals surface area contributed by atoms with Crippen molar-refractivity contribution in [3.8, 4) is 0 Å². The van der Waals surface area contributed by atoms with Crippen molar-refractivity contribution in [1.29, 1.82) is 0 Å². The minimum atomic E-state index is -4.16. The Morgan fingerprint density at radius 3 is 1.40 bits per heavy atom. The lowest BCUT2D eigenvalue weighted by molar-refractivity contribution is 0.324. The van der Waals surface area contributed by atoms with Crippen molar-refractivity contribution in [2.45, 2.75) is 7.43 Å². The predicted octanol–water partition coefficient (Wildman–Crippen LogP) is -1.14. The van der Waals surface area contributed by atoms with Crippen LogP contribution in [-0.4, -0.2) is 37.8 Å². The van der Waals surface area contributed by atoms with Crippen LogP contribution >= 0.6 is 0 Å². The summed E-state index contributed by atoms with van der Waals surface area (Å²) >= 11 is 0. The molecule has 10 heavy (non-hydrogen) atoms. The Balaban J connectivity index is -0.0000000412. The molecule has 0 bridgehead atoms. The van der Waals surface area contributed by atoms with Gasteiger partial charge in [-0.3, -0.25) is 8.74 Å². The first-order chi connectivity index (χ1) is 3.56. The number of hydrogen-bond acceptors (Lipinski definition) is 4. The monoisotopic (exact) mass is 178 g/mol. The van der Waals surface area contributed by atoms with Crippen LogP contribution in [0.1, 0.15) is 7.43 Å². The lowest BCUT2D eigenvalue weighted by Gasteiger charge is -1.82. The van der Waals surface area contributed by atoms with Crippen molar-refractivity contribution in [2.75, 3.05) is 14.2 Å². The minimum Gasteiger partial charge on any atom is -0.412 e. The summed E-state index contributed by atoms with van der Waals surface area (Å²) in [6, 6.07) is 0. The zero-order chi connectivity index (χ0) is 7.21. The van der Waals surface area contributed by atoms with Crippen LogP contribution in [-0.2, 0) is 14.6 Å². The highest BCUT2D eigenvalue weighted by atomic mass is 32.3. The van der Waals surface area contributed by atoms with Gasteiger partial charge in [-0.2, -0.15) is 8.42 Å². The Hall–Kier alpha value is -0.210. The molecule has 0 fully saturated rings. The molecule has 0 rings (SSSR count). The highest BCUT2D eigenvalue weighted by molar-refractivity contribution is 7.80. The van der Waals surface area contributed by atoms with E-state index in [9.17, 15) is 8.42 Å². The SMILES string of the molecule is C.CO.COS(=O)(=O)O.O. The van der Waals surface area contributed by atoms with Crippen LogP contribution in [0, 0.1) is 0 Å². The molecule has 0 aliphatic carbocycles. The molecule has 0 aliphatic heterocycles. The van der Waals surface area contributed by atoms with E-state index in [4.69, 9.17) is 9.66 Å². The van der Waals surface area contributed by atoms with Crippen LogP contribution in [0.3, 0.4) is 0 Å². The predicted molar refractivity (Wildman–Crippen MR) is 37.0 cm³/mol. The van der Waals surface area contributed by atoms with Crippen LogP contribution < -0.4 is 0 Å². The first-order valence-corrected chi connectivity index (χ1v) is 2.90. The van der Waals surface area contributed by atoms with Gasteiger partial charge in [0.25, 0.3) is 0 Å². The molecular formula is C3H14O6S. The Morgan fingerprint density at radius 1 is 1.30 bits per heavy atom. The molecule has 4 N–H and O–H groups in total. The van der Waals surface area contributed by atoms with Crippen LogP contribution in [0.4, 0.5) is 0 Å². The van der Waals surface area contributed by atoms with Gasteiger partial charge in [0.15, 0.2) is 0 Å². The average Bonchev–Trinajstić information content (AvgIpc) is 1.71. The lowest BCUT2D eigenvalue weighted by Crippen LogP contribution is -1.96. The highest BCUT2D eigenvalue weighted by Crippen LogP contribution is 1.74. The van der Waals surface area contributed by atoms with Crippen LogP contribution in [0.15, 0.2) is 0 Å². The summed E-state index contributed by atoms with van der Waals surface area (Å²) < 4.78 is 29.7. The van der Waals surface area contributed by atoms with Gasteiger partial charge in [0, 0.05) is 7.11 Å². The summed E-state index contributed by atoms with van der Waals surface area (Å²) in [5, 5.41) is 7.00. The molecule has 0 aromatic heterocycles. The van der Waals surface area contributed by atoms with E-state index in [1.807, 2.05) is 0 Å². The van der Waals surface area contributed by atoms with Gasteiger partial charge in [-0.25, -0.2) is 0 Å². The van der Waals surface area contributed by atoms with Crippen molar-refractivity contribution in [3.05, 3.63) is 0 Å². The van der Waals surface area contributed by atoms with E-state index < -0.39 is 10.4 Å². The molecular weight excluding hydrogens is 164 g/mol. The lowest BCUT2D eigenvalue weighted by atomic mass is 11.8. The fourth-order valence-electron chi connectivity index (χ4n) is 0. The standard InChI is InChI=1S/CH4O4S.CH4O.CH4.H2O/c1-5-6(2,3)4;1-2;;/h1H3,(H,2,3,4);2H,1H3;1H4;1H2. The maximum Gasteiger partial charge on any atom is 0.397 e. The maximum absolute atomic E-state index is 9.33. The third kappa shape index (κ3) is 46.1. The fraction of sp³-hybridized carbons (Fsp3) is 1.00. The molecule has 0 aliphatic rings. The second-order valence-electron chi connectivity index (χ2n) is 0.594. The highest BCUT2D eigenvalue weighted by Gasteiger charge is 1.93. The third-order valence-electron chi connectivity index (χ3n) is 0.211. The molecule has 6 nitrogen and oxygen atoms in total. The maximum atomic E-state index is 9.33. The molecule has 0 heterocycles. The molecule has 0 saturated carbocycles. The van der Waals surface area contributed by atoms with E-state index in [1.165, 1.54) is 0 Å². The van der Waals surface area contributed by atoms with Gasteiger partial charge in [0.1, 0.15) is 0 Å². The van der Waals surface area contributed by atoms with Crippen LogP contribution in [0.2, 0.25) is 0 Å². The molecule has 0 radical (unpaired) electrons. The van der Waals surface area contributed by atoms with Crippen molar-refractivity contribution < 1.29 is 27.7 Å². The second kappa shape index (κ2) is 11.6. The molecule has 0 amide bonds. The van der Waals surface area contributed by atoms with Crippen molar-refractivity contribution in [2.24, 2.45) is 0 Å². The summed E-state index contributed by atoms with van der Waals surface area (Å²) in [6.45, 7) is 0. The van der Waals surface area contributed by atoms with Crippen molar-refractivity contribution >= 4 is 10.4 Å². The zero-order valence-corrected chi connectivity index (χ0v) is 5.84. The second-order valence-corrected chi connectivity index (χ2v) is 1.78. The zero-order valence-electron chi connectivity index (χ0n) is 5.03. The van der Waals surface area contributed by atoms with Gasteiger partial charge in [0.2, 0.25) is 0 Å². The first-order valence-electron chi connectivity index (χ1n) is 1.54. The molecule has 7 heteroatoms. The summed E-state index contributed by atoms with van der Waals surface area (Å²) in [5.41, 5.74) is 0. The Bertz CT molecular complexity index is 115. The molecule has 0 saturated heterocycles. The van der Waals surface area contributed by atoms with Crippen molar-refractivity contribution in [1.82, 2.24) is 0 Å². The van der Waals surface area contributed by atoms with Gasteiger partial charge >= 0.3 is 10.4 Å². The molecule has 0 aromatic carbocycles. The van der Waals surface area contributed by atoms with Crippen LogP contribution in [0.25, 0.3) is 0 Å². The topological polar surface area (TPSA) is 115 Å². The number of rotatable bonds is 1. The Labute approximate surface area is 60.7 Å². The molecule has 0 aromatic rings. The van der Waals surface area contributed by atoms with E-state index >= 15 is 0 Å². The molecule has 0 unspecified atom stereocenters. The number of hydrogen-bond donors (Lipinski definition) is 2. The normalized spacial score (nSPS) is 7.60. The van der Waals surface area contributed by atoms with Gasteiger partial charge in [0.05, 0.1) is 7.11 Å². The number of aliphatic hydroxyl groups excluding tert-OH is 1. The smallest absolute Gasteiger partial charge is 0.397 e. The molecule has 0 spiro atoms. The fourth-order valence-corrected chi connectivity index (χ4v) is 0. The summed E-state index contributed by atoms with van der Waals surface area (Å²) in [7, 11) is -2.29. The minimum absolute atomic E-state index is 0. The van der Waals surface area contributed by atoms with Gasteiger partial charge in [-0.05, 0) is 0 Å². The molecule has 68 valence electrons. The Morgan fingerprint density at radius 2 is 1.40 bits per heavy atom. The summed E-state index contributed by atoms with van der Waals surface area (Å²) in [6.07, 6.45) is 0. The molecule has 0 atom stereocenters. The van der Waals surface area contributed by atoms with Gasteiger partial charge < -0.3 is 10.6 Å². The van der Waals surface area contributed by atoms with E-state index in [0.29, 0.717) is 0 Å². The third-order valence-corrected chi connectivity index (χ3v) is 0.632. The van der Waals surface area contributed by atoms with Crippen LogP contribution in [0.5, 0.6) is 0 Å². The average molecular weight is 178 g/mol. The summed E-state index contributed by atoms with van der Waals surface area (Å²) in [4.78, 5) is 0. The van der Waals surface area contributed by atoms with E-state index in [1.54, 1.807) is 0 Å². The Kier molecular flexibility index (Phi) is 26.1. The summed E-state index contributed by atoms with van der Waals surface area (Å²) in [5.74, 6) is 0. The number of aliphatic hydroxyl groups is 1.